The Labute approximate surface area is 119 Å². The van der Waals surface area contributed by atoms with E-state index in [-0.39, 0.29) is 24.8 Å². The first kappa shape index (κ1) is 16.2. The van der Waals surface area contributed by atoms with Crippen molar-refractivity contribution in [3.05, 3.63) is 23.7 Å². The van der Waals surface area contributed by atoms with Gasteiger partial charge in [0.2, 0.25) is 5.91 Å². The van der Waals surface area contributed by atoms with E-state index in [4.69, 9.17) is 4.42 Å². The van der Waals surface area contributed by atoms with Crippen LogP contribution in [0, 0.1) is 6.92 Å². The molecule has 0 N–H and O–H groups in total. The lowest BCUT2D eigenvalue weighted by molar-refractivity contribution is -0.141. The zero-order valence-corrected chi connectivity index (χ0v) is 12.5. The first-order valence-corrected chi connectivity index (χ1v) is 6.47. The van der Waals surface area contributed by atoms with Gasteiger partial charge in [0.15, 0.2) is 0 Å². The van der Waals surface area contributed by atoms with Crippen molar-refractivity contribution < 1.29 is 18.7 Å². The Morgan fingerprint density at radius 1 is 1.30 bits per heavy atom. The number of carbonyl (C=O) groups excluding carboxylic acids is 2. The van der Waals surface area contributed by atoms with Crippen molar-refractivity contribution >= 4 is 11.9 Å². The molecule has 1 rings (SSSR count). The highest BCUT2D eigenvalue weighted by Gasteiger charge is 2.14. The zero-order valence-electron chi connectivity index (χ0n) is 12.5. The molecule has 0 fully saturated rings. The van der Waals surface area contributed by atoms with Gasteiger partial charge in [-0.15, -0.1) is 0 Å². The number of aryl methyl sites for hydroxylation is 1. The van der Waals surface area contributed by atoms with Gasteiger partial charge < -0.3 is 14.1 Å². The number of amides is 1. The lowest BCUT2D eigenvalue weighted by atomic mass is 10.3. The molecular formula is C14H22N2O4. The van der Waals surface area contributed by atoms with E-state index >= 15 is 0 Å². The van der Waals surface area contributed by atoms with E-state index in [2.05, 4.69) is 4.74 Å². The summed E-state index contributed by atoms with van der Waals surface area (Å²) in [5.41, 5.74) is 0. The summed E-state index contributed by atoms with van der Waals surface area (Å²) in [5.74, 6) is 1.29. The summed E-state index contributed by atoms with van der Waals surface area (Å²) >= 11 is 0. The SMILES string of the molecule is COC(=O)CCN(C)CC(=O)N(C)Cc1ccc(C)o1. The molecule has 0 saturated heterocycles. The summed E-state index contributed by atoms with van der Waals surface area (Å²) in [6.45, 7) is 3.06. The third kappa shape index (κ3) is 5.44. The molecule has 0 unspecified atom stereocenters. The maximum atomic E-state index is 12.0. The quantitative estimate of drug-likeness (QED) is 0.699. The van der Waals surface area contributed by atoms with Crippen LogP contribution in [-0.2, 0) is 20.9 Å². The predicted molar refractivity (Wildman–Crippen MR) is 74.0 cm³/mol. The second kappa shape index (κ2) is 7.69. The monoisotopic (exact) mass is 282 g/mol. The van der Waals surface area contributed by atoms with Gasteiger partial charge in [0.25, 0.3) is 0 Å². The van der Waals surface area contributed by atoms with E-state index in [0.717, 1.165) is 11.5 Å². The number of esters is 1. The van der Waals surface area contributed by atoms with E-state index in [9.17, 15) is 9.59 Å². The molecule has 1 aromatic heterocycles. The van der Waals surface area contributed by atoms with Crippen molar-refractivity contribution in [2.24, 2.45) is 0 Å². The number of likely N-dealkylation sites (N-methyl/N-ethyl adjacent to an activating group) is 2. The van der Waals surface area contributed by atoms with Crippen LogP contribution in [-0.4, -0.2) is 56.0 Å². The van der Waals surface area contributed by atoms with Gasteiger partial charge in [-0.3, -0.25) is 14.5 Å². The van der Waals surface area contributed by atoms with E-state index in [0.29, 0.717) is 13.1 Å². The van der Waals surface area contributed by atoms with Gasteiger partial charge in [0.1, 0.15) is 11.5 Å². The van der Waals surface area contributed by atoms with Gasteiger partial charge >= 0.3 is 5.97 Å². The number of carbonyl (C=O) groups is 2. The average Bonchev–Trinajstić information content (AvgIpc) is 2.81. The maximum Gasteiger partial charge on any atom is 0.306 e. The second-order valence-corrected chi connectivity index (χ2v) is 4.83. The molecule has 0 radical (unpaired) electrons. The maximum absolute atomic E-state index is 12.0. The fourth-order valence-corrected chi connectivity index (χ4v) is 1.71. The van der Waals surface area contributed by atoms with Crippen LogP contribution in [0.3, 0.4) is 0 Å². The molecule has 1 aromatic rings. The second-order valence-electron chi connectivity index (χ2n) is 4.83. The van der Waals surface area contributed by atoms with Gasteiger partial charge in [-0.2, -0.15) is 0 Å². The Balaban J connectivity index is 2.35. The highest BCUT2D eigenvalue weighted by Crippen LogP contribution is 2.08. The first-order valence-electron chi connectivity index (χ1n) is 6.47. The largest absolute Gasteiger partial charge is 0.469 e. The summed E-state index contributed by atoms with van der Waals surface area (Å²) in [5, 5.41) is 0. The first-order chi connectivity index (χ1) is 9.42. The molecule has 6 nitrogen and oxygen atoms in total. The van der Waals surface area contributed by atoms with Crippen molar-refractivity contribution in [2.45, 2.75) is 19.9 Å². The molecule has 0 atom stereocenters. The Kier molecular flexibility index (Phi) is 6.24. The summed E-state index contributed by atoms with van der Waals surface area (Å²) in [4.78, 5) is 26.4. The molecule has 112 valence electrons. The Morgan fingerprint density at radius 2 is 2.00 bits per heavy atom. The number of nitrogens with zero attached hydrogens (tertiary/aromatic N) is 2. The summed E-state index contributed by atoms with van der Waals surface area (Å²) in [6.07, 6.45) is 0.279. The summed E-state index contributed by atoms with van der Waals surface area (Å²) < 4.78 is 10.00. The van der Waals surface area contributed by atoms with Gasteiger partial charge in [0, 0.05) is 13.6 Å². The highest BCUT2D eigenvalue weighted by atomic mass is 16.5. The van der Waals surface area contributed by atoms with Gasteiger partial charge in [-0.05, 0) is 26.1 Å². The molecule has 0 aliphatic heterocycles. The van der Waals surface area contributed by atoms with Crippen LogP contribution in [0.25, 0.3) is 0 Å². The number of ether oxygens (including phenoxy) is 1. The van der Waals surface area contributed by atoms with E-state index < -0.39 is 0 Å². The number of hydrogen-bond acceptors (Lipinski definition) is 5. The number of hydrogen-bond donors (Lipinski definition) is 0. The minimum absolute atomic E-state index is 0.0218. The van der Waals surface area contributed by atoms with Crippen LogP contribution in [0.4, 0.5) is 0 Å². The molecule has 0 aliphatic rings. The van der Waals surface area contributed by atoms with Gasteiger partial charge in [-0.1, -0.05) is 0 Å². The molecular weight excluding hydrogens is 260 g/mol. The van der Waals surface area contributed by atoms with E-state index in [1.165, 1.54) is 7.11 Å². The molecule has 1 heterocycles. The third-order valence-electron chi connectivity index (χ3n) is 2.95. The minimum atomic E-state index is -0.274. The molecule has 0 bridgehead atoms. The fraction of sp³-hybridized carbons (Fsp3) is 0.571. The third-order valence-corrected chi connectivity index (χ3v) is 2.95. The molecule has 0 saturated carbocycles. The smallest absolute Gasteiger partial charge is 0.306 e. The molecule has 0 aliphatic carbocycles. The van der Waals surface area contributed by atoms with Crippen molar-refractivity contribution in [3.8, 4) is 0 Å². The van der Waals surface area contributed by atoms with Crippen LogP contribution in [0.2, 0.25) is 0 Å². The van der Waals surface area contributed by atoms with E-state index in [1.54, 1.807) is 23.9 Å². The van der Waals surface area contributed by atoms with E-state index in [1.807, 2.05) is 19.1 Å². The van der Waals surface area contributed by atoms with Crippen molar-refractivity contribution in [3.63, 3.8) is 0 Å². The fourth-order valence-electron chi connectivity index (χ4n) is 1.71. The van der Waals surface area contributed by atoms with Crippen LogP contribution in [0.5, 0.6) is 0 Å². The summed E-state index contributed by atoms with van der Waals surface area (Å²) in [6, 6.07) is 3.73. The standard InChI is InChI=1S/C14H22N2O4/c1-11-5-6-12(20-11)9-16(3)13(17)10-15(2)8-7-14(18)19-4/h5-6H,7-10H2,1-4H3. The van der Waals surface area contributed by atoms with Gasteiger partial charge in [-0.25, -0.2) is 0 Å². The molecule has 1 amide bonds. The molecule has 0 aromatic carbocycles. The van der Waals surface area contributed by atoms with Crippen molar-refractivity contribution in [1.29, 1.82) is 0 Å². The molecule has 20 heavy (non-hydrogen) atoms. The van der Waals surface area contributed by atoms with Crippen LogP contribution < -0.4 is 0 Å². The lowest BCUT2D eigenvalue weighted by Gasteiger charge is -2.20. The Bertz CT molecular complexity index is 456. The number of rotatable bonds is 7. The van der Waals surface area contributed by atoms with Crippen LogP contribution in [0.1, 0.15) is 17.9 Å². The van der Waals surface area contributed by atoms with Crippen LogP contribution >= 0.6 is 0 Å². The number of methoxy groups -OCH3 is 1. The van der Waals surface area contributed by atoms with Crippen molar-refractivity contribution in [2.75, 3.05) is 34.3 Å². The lowest BCUT2D eigenvalue weighted by Crippen LogP contribution is -2.37. The number of furan rings is 1. The minimum Gasteiger partial charge on any atom is -0.469 e. The van der Waals surface area contributed by atoms with Crippen LogP contribution in [0.15, 0.2) is 16.5 Å². The highest BCUT2D eigenvalue weighted by molar-refractivity contribution is 5.78. The van der Waals surface area contributed by atoms with Gasteiger partial charge in [0.05, 0.1) is 26.6 Å². The average molecular weight is 282 g/mol. The zero-order chi connectivity index (χ0) is 15.1. The predicted octanol–water partition coefficient (Wildman–Crippen LogP) is 1.04. The summed E-state index contributed by atoms with van der Waals surface area (Å²) in [7, 11) is 4.88. The normalized spacial score (nSPS) is 10.7. The Hall–Kier alpha value is -1.82. The Morgan fingerprint density at radius 3 is 2.55 bits per heavy atom. The van der Waals surface area contributed by atoms with Crippen molar-refractivity contribution in [1.82, 2.24) is 9.80 Å². The molecule has 6 heteroatoms. The topological polar surface area (TPSA) is 63.0 Å². The molecule has 0 spiro atoms.